The number of hydrogen-bond donors (Lipinski definition) is 2. The molecule has 0 unspecified atom stereocenters. The lowest BCUT2D eigenvalue weighted by Gasteiger charge is -2.19. The number of aliphatic imine (C=N–C) groups is 1. The largest absolute Gasteiger partial charge is 0.344 e. The van der Waals surface area contributed by atoms with Crippen LogP contribution in [0.1, 0.15) is 0 Å². The average molecular weight is 208 g/mol. The first-order valence-corrected chi connectivity index (χ1v) is 5.79. The summed E-state index contributed by atoms with van der Waals surface area (Å²) in [6, 6.07) is 0. The standard InChI is InChI=1S/C6H16N4O2S/c1-8-6(9-7)10(2)4-5-13(3,11)12/h4-5,7H2,1-3H3,(H,8,9). The van der Waals surface area contributed by atoms with Gasteiger partial charge in [0, 0.05) is 26.9 Å². The van der Waals surface area contributed by atoms with E-state index in [1.54, 1.807) is 19.0 Å². The molecule has 0 fully saturated rings. The highest BCUT2D eigenvalue weighted by Crippen LogP contribution is 1.88. The van der Waals surface area contributed by atoms with Crippen molar-refractivity contribution in [3.05, 3.63) is 0 Å². The molecule has 0 spiro atoms. The molecule has 0 atom stereocenters. The van der Waals surface area contributed by atoms with Gasteiger partial charge < -0.3 is 4.90 Å². The number of rotatable bonds is 3. The van der Waals surface area contributed by atoms with Crippen LogP contribution in [-0.2, 0) is 9.84 Å². The predicted molar refractivity (Wildman–Crippen MR) is 53.0 cm³/mol. The maximum absolute atomic E-state index is 10.8. The van der Waals surface area contributed by atoms with Gasteiger partial charge in [0.1, 0.15) is 9.84 Å². The Labute approximate surface area is 78.7 Å². The molecule has 0 rings (SSSR count). The zero-order chi connectivity index (χ0) is 10.5. The van der Waals surface area contributed by atoms with E-state index >= 15 is 0 Å². The first-order chi connectivity index (χ1) is 5.90. The van der Waals surface area contributed by atoms with Gasteiger partial charge in [-0.2, -0.15) is 0 Å². The lowest BCUT2D eigenvalue weighted by Crippen LogP contribution is -2.44. The second-order valence-electron chi connectivity index (χ2n) is 2.74. The van der Waals surface area contributed by atoms with Crippen LogP contribution in [-0.4, -0.2) is 51.9 Å². The Balaban J connectivity index is 4.09. The number of nitrogens with two attached hydrogens (primary N) is 1. The van der Waals surface area contributed by atoms with E-state index in [2.05, 4.69) is 10.4 Å². The molecule has 0 saturated heterocycles. The smallest absolute Gasteiger partial charge is 0.207 e. The molecule has 78 valence electrons. The summed E-state index contributed by atoms with van der Waals surface area (Å²) in [6.07, 6.45) is 1.19. The molecule has 13 heavy (non-hydrogen) atoms. The first kappa shape index (κ1) is 12.2. The SMILES string of the molecule is CN=C(NN)N(C)CCS(C)(=O)=O. The van der Waals surface area contributed by atoms with Gasteiger partial charge in [-0.15, -0.1) is 0 Å². The maximum Gasteiger partial charge on any atom is 0.207 e. The first-order valence-electron chi connectivity index (χ1n) is 3.73. The second-order valence-corrected chi connectivity index (χ2v) is 5.00. The molecule has 7 heteroatoms. The van der Waals surface area contributed by atoms with Crippen LogP contribution in [0.25, 0.3) is 0 Å². The van der Waals surface area contributed by atoms with Gasteiger partial charge in [-0.25, -0.2) is 14.3 Å². The van der Waals surface area contributed by atoms with Gasteiger partial charge >= 0.3 is 0 Å². The van der Waals surface area contributed by atoms with Crippen molar-refractivity contribution in [2.24, 2.45) is 10.8 Å². The van der Waals surface area contributed by atoms with E-state index in [1.807, 2.05) is 0 Å². The molecule has 0 aliphatic carbocycles. The molecule has 0 aromatic carbocycles. The van der Waals surface area contributed by atoms with E-state index in [0.717, 1.165) is 0 Å². The minimum atomic E-state index is -2.93. The van der Waals surface area contributed by atoms with Gasteiger partial charge in [-0.05, 0) is 0 Å². The molecular formula is C6H16N4O2S. The summed E-state index contributed by atoms with van der Waals surface area (Å²) in [7, 11) is 0.357. The average Bonchev–Trinajstić information content (AvgIpc) is 2.02. The highest BCUT2D eigenvalue weighted by Gasteiger charge is 2.07. The van der Waals surface area contributed by atoms with Gasteiger partial charge in [0.05, 0.1) is 5.75 Å². The molecule has 0 saturated carbocycles. The Hall–Kier alpha value is -0.820. The second kappa shape index (κ2) is 5.03. The summed E-state index contributed by atoms with van der Waals surface area (Å²) in [6.45, 7) is 0.371. The van der Waals surface area contributed by atoms with Gasteiger partial charge in [0.2, 0.25) is 5.96 Å². The molecule has 0 aliphatic rings. The molecule has 0 aliphatic heterocycles. The highest BCUT2D eigenvalue weighted by molar-refractivity contribution is 7.90. The van der Waals surface area contributed by atoms with E-state index in [9.17, 15) is 8.42 Å². The third-order valence-electron chi connectivity index (χ3n) is 1.50. The fourth-order valence-corrected chi connectivity index (χ4v) is 1.36. The van der Waals surface area contributed by atoms with Crippen molar-refractivity contribution >= 4 is 15.8 Å². The van der Waals surface area contributed by atoms with Crippen molar-refractivity contribution in [3.63, 3.8) is 0 Å². The predicted octanol–water partition coefficient (Wildman–Crippen LogP) is -1.59. The van der Waals surface area contributed by atoms with Crippen LogP contribution in [0.3, 0.4) is 0 Å². The molecule has 0 aromatic rings. The molecule has 0 amide bonds. The van der Waals surface area contributed by atoms with Gasteiger partial charge in [0.25, 0.3) is 0 Å². The molecule has 0 heterocycles. The Bertz CT molecular complexity index is 272. The lowest BCUT2D eigenvalue weighted by molar-refractivity contribution is 0.506. The van der Waals surface area contributed by atoms with E-state index < -0.39 is 9.84 Å². The lowest BCUT2D eigenvalue weighted by atomic mass is 10.6. The van der Waals surface area contributed by atoms with Crippen LogP contribution in [0.5, 0.6) is 0 Å². The Morgan fingerprint density at radius 3 is 2.46 bits per heavy atom. The van der Waals surface area contributed by atoms with Crippen molar-refractivity contribution in [2.75, 3.05) is 32.6 Å². The van der Waals surface area contributed by atoms with E-state index in [-0.39, 0.29) is 5.75 Å². The Kier molecular flexibility index (Phi) is 4.71. The minimum absolute atomic E-state index is 0.0875. The summed E-state index contributed by atoms with van der Waals surface area (Å²) >= 11 is 0. The Morgan fingerprint density at radius 1 is 1.62 bits per heavy atom. The number of nitrogens with one attached hydrogen (secondary N) is 1. The topological polar surface area (TPSA) is 87.8 Å². The molecule has 0 bridgehead atoms. The fourth-order valence-electron chi connectivity index (χ4n) is 0.754. The van der Waals surface area contributed by atoms with Crippen LogP contribution in [0.2, 0.25) is 0 Å². The summed E-state index contributed by atoms with van der Waals surface area (Å²) in [5.41, 5.74) is 2.37. The van der Waals surface area contributed by atoms with Crippen LogP contribution in [0.4, 0.5) is 0 Å². The highest BCUT2D eigenvalue weighted by atomic mass is 32.2. The van der Waals surface area contributed by atoms with Crippen molar-refractivity contribution in [2.45, 2.75) is 0 Å². The molecule has 6 nitrogen and oxygen atoms in total. The zero-order valence-electron chi connectivity index (χ0n) is 8.11. The summed E-state index contributed by atoms with van der Waals surface area (Å²) < 4.78 is 21.6. The van der Waals surface area contributed by atoms with Crippen molar-refractivity contribution in [3.8, 4) is 0 Å². The van der Waals surface area contributed by atoms with E-state index in [4.69, 9.17) is 5.84 Å². The van der Waals surface area contributed by atoms with E-state index in [0.29, 0.717) is 12.5 Å². The normalized spacial score (nSPS) is 12.8. The molecule has 0 radical (unpaired) electrons. The van der Waals surface area contributed by atoms with Gasteiger partial charge in [-0.3, -0.25) is 10.4 Å². The number of sulfone groups is 1. The maximum atomic E-state index is 10.8. The van der Waals surface area contributed by atoms with Crippen LogP contribution >= 0.6 is 0 Å². The van der Waals surface area contributed by atoms with Crippen LogP contribution < -0.4 is 11.3 Å². The third kappa shape index (κ3) is 5.42. The minimum Gasteiger partial charge on any atom is -0.344 e. The number of hydrazine groups is 1. The van der Waals surface area contributed by atoms with Crippen molar-refractivity contribution in [1.29, 1.82) is 0 Å². The Morgan fingerprint density at radius 2 is 2.15 bits per heavy atom. The van der Waals surface area contributed by atoms with Crippen LogP contribution in [0, 0.1) is 0 Å². The number of nitrogens with zero attached hydrogens (tertiary/aromatic N) is 2. The van der Waals surface area contributed by atoms with E-state index in [1.165, 1.54) is 6.26 Å². The summed E-state index contributed by atoms with van der Waals surface area (Å²) in [5.74, 6) is 5.70. The number of guanidine groups is 1. The monoisotopic (exact) mass is 208 g/mol. The quantitative estimate of drug-likeness (QED) is 0.253. The molecule has 3 N–H and O–H groups in total. The van der Waals surface area contributed by atoms with Crippen LogP contribution in [0.15, 0.2) is 4.99 Å². The van der Waals surface area contributed by atoms with Crippen molar-refractivity contribution in [1.82, 2.24) is 10.3 Å². The third-order valence-corrected chi connectivity index (χ3v) is 2.42. The van der Waals surface area contributed by atoms with Gasteiger partial charge in [-0.1, -0.05) is 0 Å². The molecule has 0 aromatic heterocycles. The summed E-state index contributed by atoms with van der Waals surface area (Å²) in [4.78, 5) is 5.46. The molecular weight excluding hydrogens is 192 g/mol. The van der Waals surface area contributed by atoms with Gasteiger partial charge in [0.15, 0.2) is 0 Å². The number of hydrogen-bond acceptors (Lipinski definition) is 4. The zero-order valence-corrected chi connectivity index (χ0v) is 8.93. The fraction of sp³-hybridized carbons (Fsp3) is 0.833. The summed E-state index contributed by atoms with van der Waals surface area (Å²) in [5, 5.41) is 0. The van der Waals surface area contributed by atoms with Crippen molar-refractivity contribution < 1.29 is 8.42 Å².